The van der Waals surface area contributed by atoms with Crippen LogP contribution in [-0.2, 0) is 4.79 Å². The Morgan fingerprint density at radius 1 is 1.67 bits per heavy atom. The van der Waals surface area contributed by atoms with Crippen molar-refractivity contribution in [3.63, 3.8) is 0 Å². The van der Waals surface area contributed by atoms with Crippen LogP contribution in [0.5, 0.6) is 0 Å². The van der Waals surface area contributed by atoms with E-state index in [-0.39, 0.29) is 12.5 Å². The number of carboxylic acid groups (broad SMARTS) is 1. The fraction of sp³-hybridized carbons (Fsp3) is 0.909. The molecule has 0 aliphatic carbocycles. The molecule has 2 atom stereocenters. The van der Waals surface area contributed by atoms with E-state index < -0.39 is 5.97 Å². The van der Waals surface area contributed by atoms with E-state index >= 15 is 0 Å². The van der Waals surface area contributed by atoms with Gasteiger partial charge in [0, 0.05) is 18.6 Å². The average Bonchev–Trinajstić information content (AvgIpc) is 2.41. The topological polar surface area (TPSA) is 52.6 Å². The number of nitrogens with one attached hydrogen (secondary N) is 1. The lowest BCUT2D eigenvalue weighted by Gasteiger charge is -2.33. The van der Waals surface area contributed by atoms with E-state index in [9.17, 15) is 4.79 Å². The van der Waals surface area contributed by atoms with Crippen molar-refractivity contribution in [1.82, 2.24) is 10.2 Å². The maximum atomic E-state index is 10.8. The third-order valence-corrected chi connectivity index (χ3v) is 3.19. The van der Waals surface area contributed by atoms with Crippen molar-refractivity contribution in [2.45, 2.75) is 45.2 Å². The van der Waals surface area contributed by atoms with E-state index in [4.69, 9.17) is 5.11 Å². The van der Waals surface area contributed by atoms with E-state index in [0.717, 1.165) is 32.5 Å². The highest BCUT2D eigenvalue weighted by atomic mass is 16.4. The van der Waals surface area contributed by atoms with Crippen LogP contribution in [-0.4, -0.2) is 47.7 Å². The first-order valence-corrected chi connectivity index (χ1v) is 5.83. The van der Waals surface area contributed by atoms with Crippen molar-refractivity contribution < 1.29 is 9.90 Å². The Balaban J connectivity index is 2.62. The van der Waals surface area contributed by atoms with Gasteiger partial charge in [0.25, 0.3) is 0 Å². The molecule has 1 heterocycles. The minimum atomic E-state index is -0.697. The maximum absolute atomic E-state index is 10.8. The Hall–Kier alpha value is -0.610. The zero-order valence-corrected chi connectivity index (χ0v) is 9.70. The molecule has 0 bridgehead atoms. The molecule has 2 unspecified atom stereocenters. The quantitative estimate of drug-likeness (QED) is 0.731. The molecule has 0 radical (unpaired) electrons. The second-order valence-electron chi connectivity index (χ2n) is 4.30. The molecule has 1 rings (SSSR count). The summed E-state index contributed by atoms with van der Waals surface area (Å²) in [6.45, 7) is 7.15. The molecule has 0 aromatic rings. The van der Waals surface area contributed by atoms with Crippen LogP contribution >= 0.6 is 0 Å². The highest BCUT2D eigenvalue weighted by Crippen LogP contribution is 2.14. The monoisotopic (exact) mass is 214 g/mol. The normalized spacial score (nSPS) is 25.9. The Kier molecular flexibility index (Phi) is 5.05. The standard InChI is InChI=1S/C11H22N2O2/c1-3-9(2)13-6-4-5-12-8-10(13)7-11(14)15/h9-10,12H,3-8H2,1-2H3,(H,14,15). The van der Waals surface area contributed by atoms with E-state index in [1.807, 2.05) is 0 Å². The molecule has 0 aromatic carbocycles. The first-order chi connectivity index (χ1) is 7.15. The van der Waals surface area contributed by atoms with Crippen LogP contribution < -0.4 is 5.32 Å². The van der Waals surface area contributed by atoms with E-state index in [0.29, 0.717) is 6.04 Å². The SMILES string of the molecule is CCC(C)N1CCCNCC1CC(=O)O. The molecule has 4 nitrogen and oxygen atoms in total. The summed E-state index contributed by atoms with van der Waals surface area (Å²) < 4.78 is 0. The van der Waals surface area contributed by atoms with Crippen LogP contribution in [0.2, 0.25) is 0 Å². The molecular weight excluding hydrogens is 192 g/mol. The van der Waals surface area contributed by atoms with Gasteiger partial charge in [-0.3, -0.25) is 9.69 Å². The summed E-state index contributed by atoms with van der Waals surface area (Å²) in [5.74, 6) is -0.697. The zero-order valence-electron chi connectivity index (χ0n) is 9.70. The maximum Gasteiger partial charge on any atom is 0.304 e. The fourth-order valence-electron chi connectivity index (χ4n) is 2.16. The lowest BCUT2D eigenvalue weighted by Crippen LogP contribution is -2.45. The molecular formula is C11H22N2O2. The van der Waals surface area contributed by atoms with Gasteiger partial charge in [0.1, 0.15) is 0 Å². The zero-order chi connectivity index (χ0) is 11.3. The smallest absolute Gasteiger partial charge is 0.304 e. The van der Waals surface area contributed by atoms with Crippen LogP contribution in [0.25, 0.3) is 0 Å². The minimum Gasteiger partial charge on any atom is -0.481 e. The highest BCUT2D eigenvalue weighted by Gasteiger charge is 2.25. The van der Waals surface area contributed by atoms with Crippen LogP contribution in [0.1, 0.15) is 33.1 Å². The lowest BCUT2D eigenvalue weighted by molar-refractivity contribution is -0.138. The van der Waals surface area contributed by atoms with Gasteiger partial charge in [-0.05, 0) is 32.9 Å². The van der Waals surface area contributed by atoms with Crippen molar-refractivity contribution in [2.24, 2.45) is 0 Å². The van der Waals surface area contributed by atoms with Gasteiger partial charge in [0.15, 0.2) is 0 Å². The third kappa shape index (κ3) is 3.80. The van der Waals surface area contributed by atoms with Crippen LogP contribution in [0, 0.1) is 0 Å². The molecule has 1 aliphatic rings. The summed E-state index contributed by atoms with van der Waals surface area (Å²) in [5, 5.41) is 12.2. The molecule has 0 amide bonds. The summed E-state index contributed by atoms with van der Waals surface area (Å²) in [6, 6.07) is 0.634. The number of carbonyl (C=O) groups is 1. The number of hydrogen-bond donors (Lipinski definition) is 2. The second-order valence-corrected chi connectivity index (χ2v) is 4.30. The largest absolute Gasteiger partial charge is 0.481 e. The van der Waals surface area contributed by atoms with E-state index in [1.165, 1.54) is 0 Å². The van der Waals surface area contributed by atoms with Crippen molar-refractivity contribution in [3.8, 4) is 0 Å². The number of aliphatic carboxylic acids is 1. The molecule has 88 valence electrons. The molecule has 4 heteroatoms. The Labute approximate surface area is 91.6 Å². The summed E-state index contributed by atoms with van der Waals surface area (Å²) in [4.78, 5) is 13.1. The number of nitrogens with zero attached hydrogens (tertiary/aromatic N) is 1. The summed E-state index contributed by atoms with van der Waals surface area (Å²) in [7, 11) is 0. The first-order valence-electron chi connectivity index (χ1n) is 5.83. The average molecular weight is 214 g/mol. The van der Waals surface area contributed by atoms with Crippen molar-refractivity contribution >= 4 is 5.97 Å². The third-order valence-electron chi connectivity index (χ3n) is 3.19. The van der Waals surface area contributed by atoms with Gasteiger partial charge < -0.3 is 10.4 Å². The second kappa shape index (κ2) is 6.08. The fourth-order valence-corrected chi connectivity index (χ4v) is 2.16. The van der Waals surface area contributed by atoms with Gasteiger partial charge in [0.05, 0.1) is 6.42 Å². The molecule has 2 N–H and O–H groups in total. The van der Waals surface area contributed by atoms with Crippen LogP contribution in [0.15, 0.2) is 0 Å². The molecule has 1 fully saturated rings. The molecule has 0 saturated carbocycles. The van der Waals surface area contributed by atoms with Gasteiger partial charge in [-0.1, -0.05) is 6.92 Å². The van der Waals surface area contributed by atoms with Gasteiger partial charge in [0.2, 0.25) is 0 Å². The number of rotatable bonds is 4. The van der Waals surface area contributed by atoms with Crippen LogP contribution in [0.4, 0.5) is 0 Å². The predicted octanol–water partition coefficient (Wildman–Crippen LogP) is 0.923. The first kappa shape index (κ1) is 12.5. The lowest BCUT2D eigenvalue weighted by atomic mass is 10.1. The van der Waals surface area contributed by atoms with E-state index in [2.05, 4.69) is 24.1 Å². The van der Waals surface area contributed by atoms with Crippen LogP contribution in [0.3, 0.4) is 0 Å². The Morgan fingerprint density at radius 2 is 2.40 bits per heavy atom. The van der Waals surface area contributed by atoms with Crippen molar-refractivity contribution in [2.75, 3.05) is 19.6 Å². The molecule has 1 aliphatic heterocycles. The summed E-state index contributed by atoms with van der Waals surface area (Å²) >= 11 is 0. The van der Waals surface area contributed by atoms with Gasteiger partial charge in [-0.15, -0.1) is 0 Å². The summed E-state index contributed by atoms with van der Waals surface area (Å²) in [5.41, 5.74) is 0. The minimum absolute atomic E-state index is 0.153. The van der Waals surface area contributed by atoms with Gasteiger partial charge >= 0.3 is 5.97 Å². The van der Waals surface area contributed by atoms with Gasteiger partial charge in [-0.25, -0.2) is 0 Å². The van der Waals surface area contributed by atoms with Crippen molar-refractivity contribution in [1.29, 1.82) is 0 Å². The molecule has 1 saturated heterocycles. The molecule has 15 heavy (non-hydrogen) atoms. The highest BCUT2D eigenvalue weighted by molar-refractivity contribution is 5.67. The number of carboxylic acids is 1. The van der Waals surface area contributed by atoms with Gasteiger partial charge in [-0.2, -0.15) is 0 Å². The van der Waals surface area contributed by atoms with E-state index in [1.54, 1.807) is 0 Å². The Morgan fingerprint density at radius 3 is 3.00 bits per heavy atom. The predicted molar refractivity (Wildman–Crippen MR) is 60.0 cm³/mol. The number of hydrogen-bond acceptors (Lipinski definition) is 3. The Bertz CT molecular complexity index is 209. The summed E-state index contributed by atoms with van der Waals surface area (Å²) in [6.07, 6.45) is 2.44. The van der Waals surface area contributed by atoms with Crippen molar-refractivity contribution in [3.05, 3.63) is 0 Å². The molecule has 0 aromatic heterocycles. The molecule has 0 spiro atoms.